The molecular weight excluding hydrogens is 290 g/mol. The number of anilines is 1. The first kappa shape index (κ1) is 13.7. The Balaban J connectivity index is 2.03. The van der Waals surface area contributed by atoms with Gasteiger partial charge in [0.1, 0.15) is 5.75 Å². The molecule has 1 aromatic carbocycles. The van der Waals surface area contributed by atoms with Crippen molar-refractivity contribution in [3.63, 3.8) is 0 Å². The Morgan fingerprint density at radius 2 is 1.83 bits per heavy atom. The van der Waals surface area contributed by atoms with Crippen molar-refractivity contribution in [3.05, 3.63) is 24.3 Å². The highest BCUT2D eigenvalue weighted by Gasteiger charge is 2.33. The highest BCUT2D eigenvalue weighted by Crippen LogP contribution is 2.40. The van der Waals surface area contributed by atoms with Crippen LogP contribution >= 0.6 is 15.9 Å². The highest BCUT2D eigenvalue weighted by atomic mass is 79.9. The molecule has 0 saturated heterocycles. The minimum Gasteiger partial charge on any atom is -0.497 e. The lowest BCUT2D eigenvalue weighted by molar-refractivity contribution is 0.355. The Morgan fingerprint density at radius 3 is 2.33 bits per heavy atom. The molecule has 1 fully saturated rings. The zero-order valence-corrected chi connectivity index (χ0v) is 12.9. The predicted molar refractivity (Wildman–Crippen MR) is 81.0 cm³/mol. The highest BCUT2D eigenvalue weighted by molar-refractivity contribution is 9.09. The number of ether oxygens (including phenoxy) is 1. The Kier molecular flexibility index (Phi) is 4.55. The smallest absolute Gasteiger partial charge is 0.119 e. The zero-order chi connectivity index (χ0) is 13.0. The molecule has 3 heteroatoms. The molecule has 0 aromatic heterocycles. The maximum absolute atomic E-state index is 5.20. The fourth-order valence-electron chi connectivity index (χ4n) is 2.89. The van der Waals surface area contributed by atoms with Crippen LogP contribution in [0, 0.1) is 5.41 Å². The summed E-state index contributed by atoms with van der Waals surface area (Å²) < 4.78 is 5.20. The first-order valence-corrected chi connectivity index (χ1v) is 7.72. The van der Waals surface area contributed by atoms with Gasteiger partial charge in [-0.05, 0) is 42.5 Å². The summed E-state index contributed by atoms with van der Waals surface area (Å²) in [4.78, 5) is 2.37. The molecule has 0 spiro atoms. The number of alkyl halides is 1. The van der Waals surface area contributed by atoms with Gasteiger partial charge < -0.3 is 9.64 Å². The predicted octanol–water partition coefficient (Wildman–Crippen LogP) is 4.09. The average molecular weight is 312 g/mol. The largest absolute Gasteiger partial charge is 0.497 e. The topological polar surface area (TPSA) is 12.5 Å². The molecule has 0 radical (unpaired) electrons. The van der Waals surface area contributed by atoms with E-state index >= 15 is 0 Å². The van der Waals surface area contributed by atoms with Crippen LogP contribution in [0.1, 0.15) is 25.7 Å². The van der Waals surface area contributed by atoms with Gasteiger partial charge in [-0.2, -0.15) is 0 Å². The molecule has 18 heavy (non-hydrogen) atoms. The number of hydrogen-bond acceptors (Lipinski definition) is 2. The van der Waals surface area contributed by atoms with Gasteiger partial charge >= 0.3 is 0 Å². The minimum absolute atomic E-state index is 0.467. The average Bonchev–Trinajstić information content (AvgIpc) is 2.88. The molecule has 1 aliphatic rings. The summed E-state index contributed by atoms with van der Waals surface area (Å²) in [6.07, 6.45) is 5.45. The minimum atomic E-state index is 0.467. The van der Waals surface area contributed by atoms with Crippen molar-refractivity contribution in [2.24, 2.45) is 5.41 Å². The Morgan fingerprint density at radius 1 is 1.22 bits per heavy atom. The van der Waals surface area contributed by atoms with Gasteiger partial charge in [0.05, 0.1) is 7.11 Å². The first-order chi connectivity index (χ1) is 8.69. The molecule has 2 rings (SSSR count). The second-order valence-electron chi connectivity index (χ2n) is 5.39. The van der Waals surface area contributed by atoms with Gasteiger partial charge in [0.25, 0.3) is 0 Å². The van der Waals surface area contributed by atoms with Gasteiger partial charge in [0, 0.05) is 24.6 Å². The molecule has 0 heterocycles. The number of hydrogen-bond donors (Lipinski definition) is 0. The maximum atomic E-state index is 5.20. The van der Waals surface area contributed by atoms with Gasteiger partial charge in [-0.1, -0.05) is 28.8 Å². The first-order valence-electron chi connectivity index (χ1n) is 6.60. The molecule has 0 amide bonds. The van der Waals surface area contributed by atoms with Crippen LogP contribution in [0.3, 0.4) is 0 Å². The van der Waals surface area contributed by atoms with Crippen molar-refractivity contribution in [2.45, 2.75) is 25.7 Å². The van der Waals surface area contributed by atoms with E-state index in [1.807, 2.05) is 12.1 Å². The Hall–Kier alpha value is -0.700. The molecule has 0 N–H and O–H groups in total. The van der Waals surface area contributed by atoms with Gasteiger partial charge in [-0.25, -0.2) is 0 Å². The van der Waals surface area contributed by atoms with E-state index in [2.05, 4.69) is 40.0 Å². The zero-order valence-electron chi connectivity index (χ0n) is 11.3. The van der Waals surface area contributed by atoms with E-state index in [4.69, 9.17) is 4.74 Å². The van der Waals surface area contributed by atoms with Crippen molar-refractivity contribution < 1.29 is 4.74 Å². The van der Waals surface area contributed by atoms with E-state index in [1.54, 1.807) is 7.11 Å². The molecule has 1 aliphatic carbocycles. The van der Waals surface area contributed by atoms with Crippen LogP contribution in [0.5, 0.6) is 5.75 Å². The van der Waals surface area contributed by atoms with Gasteiger partial charge in [0.2, 0.25) is 0 Å². The summed E-state index contributed by atoms with van der Waals surface area (Å²) in [5, 5.41) is 1.11. The molecule has 0 unspecified atom stereocenters. The Labute approximate surface area is 118 Å². The summed E-state index contributed by atoms with van der Waals surface area (Å²) >= 11 is 3.71. The lowest BCUT2D eigenvalue weighted by atomic mass is 9.88. The van der Waals surface area contributed by atoms with Gasteiger partial charge in [0.15, 0.2) is 0 Å². The monoisotopic (exact) mass is 311 g/mol. The van der Waals surface area contributed by atoms with Gasteiger partial charge in [-0.15, -0.1) is 0 Å². The van der Waals surface area contributed by atoms with Crippen LogP contribution in [0.2, 0.25) is 0 Å². The lowest BCUT2D eigenvalue weighted by Crippen LogP contribution is -2.35. The summed E-state index contributed by atoms with van der Waals surface area (Å²) in [6.45, 7) is 1.13. The molecule has 1 aromatic rings. The molecular formula is C15H22BrNO. The molecule has 0 bridgehead atoms. The second-order valence-corrected chi connectivity index (χ2v) is 5.96. The van der Waals surface area contributed by atoms with E-state index in [-0.39, 0.29) is 0 Å². The van der Waals surface area contributed by atoms with E-state index in [0.29, 0.717) is 5.41 Å². The van der Waals surface area contributed by atoms with Crippen LogP contribution in [-0.2, 0) is 0 Å². The number of rotatable bonds is 5. The fourth-order valence-corrected chi connectivity index (χ4v) is 3.63. The van der Waals surface area contributed by atoms with Crippen LogP contribution < -0.4 is 9.64 Å². The second kappa shape index (κ2) is 5.96. The number of benzene rings is 1. The maximum Gasteiger partial charge on any atom is 0.119 e. The normalized spacial score (nSPS) is 17.7. The van der Waals surface area contributed by atoms with Crippen LogP contribution in [0.4, 0.5) is 5.69 Å². The molecule has 0 atom stereocenters. The summed E-state index contributed by atoms with van der Waals surface area (Å²) in [7, 11) is 3.89. The van der Waals surface area contributed by atoms with Crippen LogP contribution in [0.25, 0.3) is 0 Å². The van der Waals surface area contributed by atoms with Crippen molar-refractivity contribution in [1.29, 1.82) is 0 Å². The van der Waals surface area contributed by atoms with Crippen molar-refractivity contribution in [3.8, 4) is 5.75 Å². The number of halogens is 1. The molecule has 2 nitrogen and oxygen atoms in total. The van der Waals surface area contributed by atoms with Crippen LogP contribution in [-0.4, -0.2) is 26.0 Å². The number of nitrogens with zero attached hydrogens (tertiary/aromatic N) is 1. The lowest BCUT2D eigenvalue weighted by Gasteiger charge is -2.33. The quantitative estimate of drug-likeness (QED) is 0.759. The summed E-state index contributed by atoms with van der Waals surface area (Å²) in [5.74, 6) is 0.920. The third-order valence-corrected chi connectivity index (χ3v) is 5.22. The third kappa shape index (κ3) is 3.00. The molecule has 0 aliphatic heterocycles. The van der Waals surface area contributed by atoms with Crippen molar-refractivity contribution >= 4 is 21.6 Å². The fraction of sp³-hybridized carbons (Fsp3) is 0.600. The Bertz CT molecular complexity index is 371. The van der Waals surface area contributed by atoms with Crippen LogP contribution in [0.15, 0.2) is 24.3 Å². The summed E-state index contributed by atoms with van der Waals surface area (Å²) in [6, 6.07) is 8.33. The van der Waals surface area contributed by atoms with Crippen molar-refractivity contribution in [2.75, 3.05) is 30.9 Å². The standard InChI is InChI=1S/C15H22BrNO/c1-17(12-15(11-16)9-3-4-10-15)13-5-7-14(18-2)8-6-13/h5-8H,3-4,9-12H2,1-2H3. The van der Waals surface area contributed by atoms with E-state index in [0.717, 1.165) is 17.6 Å². The van der Waals surface area contributed by atoms with E-state index < -0.39 is 0 Å². The third-order valence-electron chi connectivity index (χ3n) is 4.03. The SMILES string of the molecule is COc1ccc(N(C)CC2(CBr)CCCC2)cc1. The number of methoxy groups -OCH3 is 1. The van der Waals surface area contributed by atoms with Crippen molar-refractivity contribution in [1.82, 2.24) is 0 Å². The summed E-state index contributed by atoms with van der Waals surface area (Å²) in [5.41, 5.74) is 1.73. The van der Waals surface area contributed by atoms with E-state index in [1.165, 1.54) is 31.4 Å². The van der Waals surface area contributed by atoms with E-state index in [9.17, 15) is 0 Å². The van der Waals surface area contributed by atoms with Gasteiger partial charge in [-0.3, -0.25) is 0 Å². The molecule has 100 valence electrons. The molecule has 1 saturated carbocycles.